The number of rotatable bonds is 1. The molecule has 0 aromatic carbocycles. The lowest BCUT2D eigenvalue weighted by molar-refractivity contribution is 0.0640. The van der Waals surface area contributed by atoms with Gasteiger partial charge in [0.15, 0.2) is 0 Å². The zero-order chi connectivity index (χ0) is 14.4. The van der Waals surface area contributed by atoms with Crippen LogP contribution in [-0.2, 0) is 12.5 Å². The number of carbonyl (C=O) groups excluding carboxylic acids is 1. The van der Waals surface area contributed by atoms with Crippen LogP contribution >= 0.6 is 0 Å². The predicted molar refractivity (Wildman–Crippen MR) is 76.3 cm³/mol. The molecule has 0 bridgehead atoms. The summed E-state index contributed by atoms with van der Waals surface area (Å²) in [4.78, 5) is 14.7. The average molecular weight is 263 g/mol. The van der Waals surface area contributed by atoms with E-state index in [1.54, 1.807) is 4.68 Å². The summed E-state index contributed by atoms with van der Waals surface area (Å²) in [7, 11) is 1.85. The van der Waals surface area contributed by atoms with Crippen molar-refractivity contribution in [3.63, 3.8) is 0 Å². The fraction of sp³-hybridized carbons (Fsp3) is 0.733. The third-order valence-electron chi connectivity index (χ3n) is 4.01. The molecule has 0 N–H and O–H groups in total. The first-order chi connectivity index (χ1) is 8.63. The third kappa shape index (κ3) is 2.53. The molecule has 106 valence electrons. The number of amides is 1. The van der Waals surface area contributed by atoms with Crippen molar-refractivity contribution in [2.24, 2.45) is 7.05 Å². The van der Waals surface area contributed by atoms with Gasteiger partial charge in [-0.05, 0) is 32.8 Å². The van der Waals surface area contributed by atoms with Crippen molar-refractivity contribution in [3.8, 4) is 0 Å². The SMILES string of the molecule is Cn1nc(C(C)(C)C)cc1C(=O)N1CCCC1(C)C. The highest BCUT2D eigenvalue weighted by Gasteiger charge is 2.37. The Labute approximate surface area is 115 Å². The van der Waals surface area contributed by atoms with E-state index in [-0.39, 0.29) is 16.9 Å². The maximum absolute atomic E-state index is 12.7. The zero-order valence-corrected chi connectivity index (χ0v) is 12.9. The van der Waals surface area contributed by atoms with Gasteiger partial charge in [-0.3, -0.25) is 9.48 Å². The van der Waals surface area contributed by atoms with Crippen LogP contribution in [-0.4, -0.2) is 32.7 Å². The van der Waals surface area contributed by atoms with Gasteiger partial charge in [-0.2, -0.15) is 5.10 Å². The average Bonchev–Trinajstić information content (AvgIpc) is 2.79. The van der Waals surface area contributed by atoms with E-state index >= 15 is 0 Å². The Morgan fingerprint density at radius 1 is 1.37 bits per heavy atom. The van der Waals surface area contributed by atoms with E-state index in [2.05, 4.69) is 39.7 Å². The van der Waals surface area contributed by atoms with E-state index in [0.29, 0.717) is 5.69 Å². The molecule has 0 unspecified atom stereocenters. The van der Waals surface area contributed by atoms with Gasteiger partial charge in [-0.25, -0.2) is 0 Å². The molecule has 0 saturated carbocycles. The smallest absolute Gasteiger partial charge is 0.272 e. The fourth-order valence-electron chi connectivity index (χ4n) is 2.66. The molecular weight excluding hydrogens is 238 g/mol. The standard InChI is InChI=1S/C15H25N3O/c1-14(2,3)12-10-11(17(6)16-12)13(19)18-9-7-8-15(18,4)5/h10H,7-9H2,1-6H3. The van der Waals surface area contributed by atoms with Gasteiger partial charge in [-0.1, -0.05) is 20.8 Å². The summed E-state index contributed by atoms with van der Waals surface area (Å²) in [5, 5.41) is 4.49. The highest BCUT2D eigenvalue weighted by atomic mass is 16.2. The van der Waals surface area contributed by atoms with Crippen molar-refractivity contribution in [2.75, 3.05) is 6.54 Å². The highest BCUT2D eigenvalue weighted by molar-refractivity contribution is 5.93. The normalized spacial score (nSPS) is 18.9. The van der Waals surface area contributed by atoms with Gasteiger partial charge < -0.3 is 4.90 Å². The molecule has 0 atom stereocenters. The van der Waals surface area contributed by atoms with Crippen molar-refractivity contribution >= 4 is 5.91 Å². The lowest BCUT2D eigenvalue weighted by Crippen LogP contribution is -2.43. The minimum Gasteiger partial charge on any atom is -0.332 e. The number of hydrogen-bond acceptors (Lipinski definition) is 2. The van der Waals surface area contributed by atoms with E-state index in [9.17, 15) is 4.79 Å². The lowest BCUT2D eigenvalue weighted by atomic mass is 9.92. The van der Waals surface area contributed by atoms with Crippen LogP contribution in [0.15, 0.2) is 6.07 Å². The summed E-state index contributed by atoms with van der Waals surface area (Å²) in [6.07, 6.45) is 2.16. The molecule has 4 nitrogen and oxygen atoms in total. The molecule has 0 radical (unpaired) electrons. The monoisotopic (exact) mass is 263 g/mol. The Balaban J connectivity index is 2.32. The molecule has 1 fully saturated rings. The molecule has 4 heteroatoms. The van der Waals surface area contributed by atoms with Crippen molar-refractivity contribution < 1.29 is 4.79 Å². The largest absolute Gasteiger partial charge is 0.332 e. The number of carbonyl (C=O) groups is 1. The molecule has 1 aromatic heterocycles. The Morgan fingerprint density at radius 3 is 2.42 bits per heavy atom. The van der Waals surface area contributed by atoms with E-state index < -0.39 is 0 Å². The van der Waals surface area contributed by atoms with E-state index in [4.69, 9.17) is 0 Å². The van der Waals surface area contributed by atoms with Gasteiger partial charge in [0.2, 0.25) is 0 Å². The first-order valence-electron chi connectivity index (χ1n) is 6.99. The summed E-state index contributed by atoms with van der Waals surface area (Å²) in [5.41, 5.74) is 1.59. The second-order valence-electron chi connectivity index (χ2n) is 7.16. The number of likely N-dealkylation sites (tertiary alicyclic amines) is 1. The van der Waals surface area contributed by atoms with Crippen molar-refractivity contribution in [1.29, 1.82) is 0 Å². The minimum atomic E-state index is -0.0384. The second kappa shape index (κ2) is 4.36. The van der Waals surface area contributed by atoms with Gasteiger partial charge in [0, 0.05) is 24.5 Å². The minimum absolute atomic E-state index is 0.0309. The maximum Gasteiger partial charge on any atom is 0.272 e. The Kier molecular flexibility index (Phi) is 3.23. The summed E-state index contributed by atoms with van der Waals surface area (Å²) < 4.78 is 1.72. The van der Waals surface area contributed by atoms with Crippen molar-refractivity contribution in [2.45, 2.75) is 58.4 Å². The van der Waals surface area contributed by atoms with Crippen LogP contribution in [0.2, 0.25) is 0 Å². The Bertz CT molecular complexity index is 494. The second-order valence-corrected chi connectivity index (χ2v) is 7.16. The number of aromatic nitrogens is 2. The van der Waals surface area contributed by atoms with Crippen LogP contribution in [0.3, 0.4) is 0 Å². The van der Waals surface area contributed by atoms with Gasteiger partial charge in [0.25, 0.3) is 5.91 Å². The van der Waals surface area contributed by atoms with Crippen LogP contribution < -0.4 is 0 Å². The number of hydrogen-bond donors (Lipinski definition) is 0. The molecule has 1 aliphatic rings. The summed E-state index contributed by atoms with van der Waals surface area (Å²) >= 11 is 0. The molecular formula is C15H25N3O. The zero-order valence-electron chi connectivity index (χ0n) is 12.9. The Hall–Kier alpha value is -1.32. The van der Waals surface area contributed by atoms with E-state index in [1.807, 2.05) is 18.0 Å². The number of nitrogens with zero attached hydrogens (tertiary/aromatic N) is 3. The summed E-state index contributed by atoms with van der Waals surface area (Å²) in [5.74, 6) is 0.105. The van der Waals surface area contributed by atoms with Gasteiger partial charge in [0.1, 0.15) is 5.69 Å². The van der Waals surface area contributed by atoms with Crippen molar-refractivity contribution in [1.82, 2.24) is 14.7 Å². The van der Waals surface area contributed by atoms with Gasteiger partial charge in [0.05, 0.1) is 5.69 Å². The third-order valence-corrected chi connectivity index (χ3v) is 4.01. The van der Waals surface area contributed by atoms with Crippen molar-refractivity contribution in [3.05, 3.63) is 17.5 Å². The van der Waals surface area contributed by atoms with Crippen LogP contribution in [0.1, 0.15) is 63.6 Å². The summed E-state index contributed by atoms with van der Waals surface area (Å²) in [6.45, 7) is 11.5. The molecule has 1 aromatic rings. The molecule has 2 heterocycles. The molecule has 19 heavy (non-hydrogen) atoms. The molecule has 0 spiro atoms. The van der Waals surface area contributed by atoms with Crippen LogP contribution in [0.25, 0.3) is 0 Å². The van der Waals surface area contributed by atoms with Crippen LogP contribution in [0.4, 0.5) is 0 Å². The number of aryl methyl sites for hydroxylation is 1. The topological polar surface area (TPSA) is 38.1 Å². The Morgan fingerprint density at radius 2 is 2.00 bits per heavy atom. The molecule has 0 aliphatic carbocycles. The quantitative estimate of drug-likeness (QED) is 0.781. The highest BCUT2D eigenvalue weighted by Crippen LogP contribution is 2.30. The molecule has 1 saturated heterocycles. The van der Waals surface area contributed by atoms with Crippen LogP contribution in [0, 0.1) is 0 Å². The predicted octanol–water partition coefficient (Wildman–Crippen LogP) is 2.73. The molecule has 2 rings (SSSR count). The summed E-state index contributed by atoms with van der Waals surface area (Å²) in [6, 6.07) is 1.94. The maximum atomic E-state index is 12.7. The lowest BCUT2D eigenvalue weighted by Gasteiger charge is -2.31. The van der Waals surface area contributed by atoms with E-state index in [0.717, 1.165) is 25.1 Å². The first-order valence-corrected chi connectivity index (χ1v) is 6.99. The van der Waals surface area contributed by atoms with E-state index in [1.165, 1.54) is 0 Å². The fourth-order valence-corrected chi connectivity index (χ4v) is 2.66. The first kappa shape index (κ1) is 14.1. The van der Waals surface area contributed by atoms with Crippen LogP contribution in [0.5, 0.6) is 0 Å². The van der Waals surface area contributed by atoms with Gasteiger partial charge >= 0.3 is 0 Å². The molecule has 1 amide bonds. The molecule has 1 aliphatic heterocycles. The van der Waals surface area contributed by atoms with Gasteiger partial charge in [-0.15, -0.1) is 0 Å².